The number of nitrogens with one attached hydrogen (secondary N) is 2. The Morgan fingerprint density at radius 2 is 1.91 bits per heavy atom. The molecule has 0 unspecified atom stereocenters. The van der Waals surface area contributed by atoms with Gasteiger partial charge in [-0.1, -0.05) is 17.4 Å². The number of anilines is 1. The monoisotopic (exact) mass is 489 g/mol. The molecule has 7 nitrogen and oxygen atoms in total. The van der Waals surface area contributed by atoms with Gasteiger partial charge in [0.1, 0.15) is 5.75 Å². The topological polar surface area (TPSA) is 87.7 Å². The molecule has 0 spiro atoms. The Kier molecular flexibility index (Phi) is 6.12. The third-order valence-corrected chi connectivity index (χ3v) is 7.97. The Morgan fingerprint density at radius 1 is 1.19 bits per heavy atom. The van der Waals surface area contributed by atoms with Gasteiger partial charge in [0.25, 0.3) is 5.91 Å². The summed E-state index contributed by atoms with van der Waals surface area (Å²) in [6, 6.07) is 8.74. The van der Waals surface area contributed by atoms with Crippen LogP contribution in [0.25, 0.3) is 0 Å². The molecule has 3 aliphatic heterocycles. The fourth-order valence-electron chi connectivity index (χ4n) is 4.22. The van der Waals surface area contributed by atoms with Crippen LogP contribution in [0.3, 0.4) is 0 Å². The molecule has 174 valence electrons. The predicted molar refractivity (Wildman–Crippen MR) is 114 cm³/mol. The molecule has 2 atom stereocenters. The summed E-state index contributed by atoms with van der Waals surface area (Å²) in [5, 5.41) is 3.49. The summed E-state index contributed by atoms with van der Waals surface area (Å²) < 4.78 is 67.4. The van der Waals surface area contributed by atoms with E-state index < -0.39 is 15.5 Å². The highest BCUT2D eigenvalue weighted by molar-refractivity contribution is 7.93. The number of hydrogen-bond donors (Lipinski definition) is 2. The number of nitrogens with zero attached hydrogens (tertiary/aromatic N) is 1. The van der Waals surface area contributed by atoms with Crippen LogP contribution in [0.4, 0.5) is 18.9 Å². The van der Waals surface area contributed by atoms with E-state index in [4.69, 9.17) is 4.74 Å². The summed E-state index contributed by atoms with van der Waals surface area (Å²) in [6.07, 6.45) is 2.14. The van der Waals surface area contributed by atoms with E-state index in [-0.39, 0.29) is 29.4 Å². The first-order valence-electron chi connectivity index (χ1n) is 10.1. The number of piperidine rings is 3. The minimum absolute atomic E-state index is 0.0924. The second kappa shape index (κ2) is 8.56. The summed E-state index contributed by atoms with van der Waals surface area (Å²) >= 11 is 1.10. The molecule has 2 N–H and O–H groups in total. The molecule has 0 aliphatic carbocycles. The maximum atomic E-state index is 12.7. The van der Waals surface area contributed by atoms with Crippen LogP contribution in [0.5, 0.6) is 10.8 Å². The fourth-order valence-corrected chi connectivity index (χ4v) is 5.55. The van der Waals surface area contributed by atoms with Crippen LogP contribution in [0.1, 0.15) is 29.4 Å². The van der Waals surface area contributed by atoms with Gasteiger partial charge in [-0.15, -0.1) is 0 Å². The van der Waals surface area contributed by atoms with E-state index in [1.807, 2.05) is 0 Å². The maximum Gasteiger partial charge on any atom is 0.516 e. The minimum Gasteiger partial charge on any atom is -0.447 e. The van der Waals surface area contributed by atoms with Crippen molar-refractivity contribution in [3.8, 4) is 10.8 Å². The van der Waals surface area contributed by atoms with Crippen LogP contribution in [-0.4, -0.2) is 49.9 Å². The average Bonchev–Trinajstić information content (AvgIpc) is 3.18. The van der Waals surface area contributed by atoms with Crippen LogP contribution in [0.15, 0.2) is 36.4 Å². The van der Waals surface area contributed by atoms with E-state index in [1.165, 1.54) is 22.9 Å². The molecule has 3 fully saturated rings. The molecule has 4 heterocycles. The zero-order valence-electron chi connectivity index (χ0n) is 17.1. The van der Waals surface area contributed by atoms with E-state index in [1.54, 1.807) is 12.1 Å². The predicted octanol–water partition coefficient (Wildman–Crippen LogP) is 4.01. The van der Waals surface area contributed by atoms with Crippen molar-refractivity contribution in [2.45, 2.75) is 37.4 Å². The Bertz CT molecular complexity index is 1090. The SMILES string of the molecule is C[C@@H]1[C@H](NC(=O)c2ccc(Oc3cccc(NS(=O)(=O)C(F)(F)F)c3)s2)C2CCN1CC2. The average molecular weight is 490 g/mol. The lowest BCUT2D eigenvalue weighted by Crippen LogP contribution is -2.62. The van der Waals surface area contributed by atoms with E-state index in [0.717, 1.165) is 43.3 Å². The third-order valence-electron chi connectivity index (χ3n) is 5.89. The van der Waals surface area contributed by atoms with E-state index >= 15 is 0 Å². The molecular weight excluding hydrogens is 467 g/mol. The molecule has 3 saturated heterocycles. The number of sulfonamides is 1. The number of amides is 1. The summed E-state index contributed by atoms with van der Waals surface area (Å²) in [6.45, 7) is 4.25. The Morgan fingerprint density at radius 3 is 2.56 bits per heavy atom. The number of thiophene rings is 1. The number of carbonyl (C=O) groups excluding carboxylic acids is 1. The minimum atomic E-state index is -5.53. The van der Waals surface area contributed by atoms with E-state index in [0.29, 0.717) is 15.9 Å². The van der Waals surface area contributed by atoms with Crippen molar-refractivity contribution in [2.24, 2.45) is 5.92 Å². The molecule has 2 aromatic rings. The largest absolute Gasteiger partial charge is 0.516 e. The molecule has 1 aromatic heterocycles. The smallest absolute Gasteiger partial charge is 0.447 e. The van der Waals surface area contributed by atoms with Crippen LogP contribution in [-0.2, 0) is 10.0 Å². The van der Waals surface area contributed by atoms with Crippen molar-refractivity contribution >= 4 is 33.0 Å². The first-order valence-corrected chi connectivity index (χ1v) is 12.4. The molecule has 0 radical (unpaired) electrons. The first-order chi connectivity index (χ1) is 15.0. The molecule has 3 aliphatic rings. The van der Waals surface area contributed by atoms with Crippen LogP contribution in [0.2, 0.25) is 0 Å². The lowest BCUT2D eigenvalue weighted by molar-refractivity contribution is -0.0429. The Hall–Kier alpha value is -2.31. The van der Waals surface area contributed by atoms with Gasteiger partial charge in [0.15, 0.2) is 5.06 Å². The number of benzene rings is 1. The van der Waals surface area contributed by atoms with Gasteiger partial charge in [0.2, 0.25) is 0 Å². The van der Waals surface area contributed by atoms with Crippen molar-refractivity contribution < 1.29 is 31.1 Å². The van der Waals surface area contributed by atoms with E-state index in [2.05, 4.69) is 17.1 Å². The lowest BCUT2D eigenvalue weighted by atomic mass is 9.79. The van der Waals surface area contributed by atoms with Crippen molar-refractivity contribution in [3.63, 3.8) is 0 Å². The van der Waals surface area contributed by atoms with Gasteiger partial charge in [-0.05, 0) is 63.0 Å². The number of ether oxygens (including phenoxy) is 1. The van der Waals surface area contributed by atoms with Crippen molar-refractivity contribution in [2.75, 3.05) is 17.8 Å². The lowest BCUT2D eigenvalue weighted by Gasteiger charge is -2.49. The highest BCUT2D eigenvalue weighted by atomic mass is 32.2. The molecule has 1 aromatic carbocycles. The molecule has 0 saturated carbocycles. The van der Waals surface area contributed by atoms with Gasteiger partial charge < -0.3 is 10.1 Å². The zero-order chi connectivity index (χ0) is 23.1. The van der Waals surface area contributed by atoms with Gasteiger partial charge in [0.05, 0.1) is 10.6 Å². The number of halogens is 3. The van der Waals surface area contributed by atoms with Crippen molar-refractivity contribution in [1.29, 1.82) is 0 Å². The van der Waals surface area contributed by atoms with Gasteiger partial charge >= 0.3 is 15.5 Å². The van der Waals surface area contributed by atoms with Gasteiger partial charge in [-0.25, -0.2) is 0 Å². The second-order valence-corrected chi connectivity index (χ2v) is 10.6. The van der Waals surface area contributed by atoms with Gasteiger partial charge in [0, 0.05) is 18.2 Å². The highest BCUT2D eigenvalue weighted by Crippen LogP contribution is 2.34. The Labute approximate surface area is 187 Å². The third kappa shape index (κ3) is 4.71. The van der Waals surface area contributed by atoms with Gasteiger partial charge in [-0.3, -0.25) is 14.4 Å². The van der Waals surface area contributed by atoms with Crippen LogP contribution >= 0.6 is 11.3 Å². The summed E-state index contributed by atoms with van der Waals surface area (Å²) in [7, 11) is -5.53. The van der Waals surface area contributed by atoms with Crippen LogP contribution in [0, 0.1) is 5.92 Å². The second-order valence-electron chi connectivity index (χ2n) is 7.91. The molecule has 32 heavy (non-hydrogen) atoms. The molecule has 5 rings (SSSR count). The Balaban J connectivity index is 1.41. The van der Waals surface area contributed by atoms with Crippen molar-refractivity contribution in [3.05, 3.63) is 41.3 Å². The quantitative estimate of drug-likeness (QED) is 0.640. The fraction of sp³-hybridized carbons (Fsp3) is 0.450. The molecule has 12 heteroatoms. The summed E-state index contributed by atoms with van der Waals surface area (Å²) in [4.78, 5) is 15.6. The molecular formula is C20H22F3N3O4S2. The number of rotatable bonds is 6. The first kappa shape index (κ1) is 22.9. The summed E-state index contributed by atoms with van der Waals surface area (Å²) in [5.74, 6) is 0.409. The van der Waals surface area contributed by atoms with Crippen molar-refractivity contribution in [1.82, 2.24) is 10.2 Å². The molecule has 2 bridgehead atoms. The normalized spacial score (nSPS) is 25.4. The standard InChI is InChI=1S/C20H22F3N3O4S2/c1-12-18(13-7-9-26(12)10-8-13)24-19(27)16-5-6-17(31-16)30-15-4-2-3-14(11-15)25-32(28,29)20(21,22)23/h2-6,11-13,18,25H,7-10H2,1H3,(H,24,27)/t12-,18+/m1/s1. The molecule has 1 amide bonds. The number of hydrogen-bond acceptors (Lipinski definition) is 6. The van der Waals surface area contributed by atoms with E-state index in [9.17, 15) is 26.4 Å². The number of carbonyl (C=O) groups is 1. The van der Waals surface area contributed by atoms with Gasteiger partial charge in [-0.2, -0.15) is 21.6 Å². The highest BCUT2D eigenvalue weighted by Gasteiger charge is 2.46. The van der Waals surface area contributed by atoms with Crippen LogP contribution < -0.4 is 14.8 Å². The zero-order valence-corrected chi connectivity index (χ0v) is 18.7. The maximum absolute atomic E-state index is 12.7. The summed E-state index contributed by atoms with van der Waals surface area (Å²) in [5.41, 5.74) is -5.71. The number of fused-ring (bicyclic) bond motifs is 3. The number of alkyl halides is 3.